The van der Waals surface area contributed by atoms with Crippen LogP contribution >= 0.6 is 0 Å². The van der Waals surface area contributed by atoms with Gasteiger partial charge in [0, 0.05) is 12.6 Å². The van der Waals surface area contributed by atoms with Crippen LogP contribution < -0.4 is 0 Å². The van der Waals surface area contributed by atoms with Gasteiger partial charge < -0.3 is 9.42 Å². The van der Waals surface area contributed by atoms with Crippen molar-refractivity contribution in [2.45, 2.75) is 32.2 Å². The van der Waals surface area contributed by atoms with Gasteiger partial charge in [-0.2, -0.15) is 0 Å². The molecule has 2 heterocycles. The van der Waals surface area contributed by atoms with Crippen molar-refractivity contribution >= 4 is 15.7 Å². The maximum Gasteiger partial charge on any atom is 0.231 e. The van der Waals surface area contributed by atoms with Crippen molar-refractivity contribution in [2.75, 3.05) is 18.1 Å². The zero-order valence-electron chi connectivity index (χ0n) is 12.3. The number of hydrogen-bond acceptors (Lipinski definition) is 5. The Hall–Kier alpha value is -1.63. The molecule has 1 aromatic heterocycles. The van der Waals surface area contributed by atoms with Crippen molar-refractivity contribution in [1.82, 2.24) is 10.1 Å². The Bertz CT molecular complexity index is 650. The van der Waals surface area contributed by atoms with Gasteiger partial charge in [0.15, 0.2) is 9.84 Å². The van der Waals surface area contributed by atoms with E-state index < -0.39 is 15.4 Å². The molecule has 0 saturated carbocycles. The summed E-state index contributed by atoms with van der Waals surface area (Å²) < 4.78 is 28.6. The Balaban J connectivity index is 2.18. The van der Waals surface area contributed by atoms with Gasteiger partial charge in [-0.05, 0) is 20.3 Å². The van der Waals surface area contributed by atoms with Gasteiger partial charge in [-0.15, -0.1) is 6.58 Å². The van der Waals surface area contributed by atoms with Gasteiger partial charge in [-0.25, -0.2) is 8.42 Å². The summed E-state index contributed by atoms with van der Waals surface area (Å²) >= 11 is 0. The Kier molecular flexibility index (Phi) is 4.22. The van der Waals surface area contributed by atoms with E-state index in [9.17, 15) is 13.2 Å². The van der Waals surface area contributed by atoms with Crippen molar-refractivity contribution in [3.05, 3.63) is 30.2 Å². The summed E-state index contributed by atoms with van der Waals surface area (Å²) in [6.07, 6.45) is 2.13. The maximum atomic E-state index is 12.5. The molecule has 2 rings (SSSR count). The zero-order chi connectivity index (χ0) is 15.7. The molecule has 1 aromatic rings. The molecule has 1 aliphatic heterocycles. The molecule has 1 aliphatic rings. The summed E-state index contributed by atoms with van der Waals surface area (Å²) in [5.41, 5.74) is 0.0295. The molecule has 0 radical (unpaired) electrons. The van der Waals surface area contributed by atoms with Crippen molar-refractivity contribution < 1.29 is 17.7 Å². The monoisotopic (exact) mass is 312 g/mol. The number of aromatic nitrogens is 1. The molecule has 1 saturated heterocycles. The molecule has 0 N–H and O–H groups in total. The summed E-state index contributed by atoms with van der Waals surface area (Å²) in [4.78, 5) is 14.1. The Morgan fingerprint density at radius 1 is 1.62 bits per heavy atom. The van der Waals surface area contributed by atoms with Crippen molar-refractivity contribution in [3.63, 3.8) is 0 Å². The number of nitrogens with zero attached hydrogens (tertiary/aromatic N) is 2. The molecule has 0 aliphatic carbocycles. The van der Waals surface area contributed by atoms with Crippen LogP contribution in [-0.4, -0.2) is 48.0 Å². The predicted molar refractivity (Wildman–Crippen MR) is 78.5 cm³/mol. The van der Waals surface area contributed by atoms with Gasteiger partial charge in [0.2, 0.25) is 5.91 Å². The first kappa shape index (κ1) is 15.8. The molecule has 7 heteroatoms. The predicted octanol–water partition coefficient (Wildman–Crippen LogP) is 1.12. The summed E-state index contributed by atoms with van der Waals surface area (Å²) in [7, 11) is -3.08. The van der Waals surface area contributed by atoms with Crippen LogP contribution in [0.3, 0.4) is 0 Å². The van der Waals surface area contributed by atoms with Gasteiger partial charge in [-0.3, -0.25) is 4.79 Å². The van der Waals surface area contributed by atoms with Crippen LogP contribution in [0.4, 0.5) is 0 Å². The minimum atomic E-state index is -3.08. The highest BCUT2D eigenvalue weighted by atomic mass is 32.2. The number of amides is 1. The number of hydrogen-bond donors (Lipinski definition) is 0. The van der Waals surface area contributed by atoms with Crippen LogP contribution in [0.2, 0.25) is 0 Å². The first-order valence-corrected chi connectivity index (χ1v) is 8.62. The summed E-state index contributed by atoms with van der Waals surface area (Å²) in [6.45, 7) is 7.56. The van der Waals surface area contributed by atoms with Gasteiger partial charge in [0.25, 0.3) is 0 Å². The minimum Gasteiger partial charge on any atom is -0.361 e. The fourth-order valence-corrected chi connectivity index (χ4v) is 4.85. The minimum absolute atomic E-state index is 0.00495. The SMILES string of the molecule is C=CCN(C(=O)Cc1cc(C)no1)[C@]1(C)CCS(=O)(=O)C1. The molecule has 21 heavy (non-hydrogen) atoms. The van der Waals surface area contributed by atoms with E-state index in [2.05, 4.69) is 11.7 Å². The first-order chi connectivity index (χ1) is 9.76. The van der Waals surface area contributed by atoms with Crippen molar-refractivity contribution in [3.8, 4) is 0 Å². The highest BCUT2D eigenvalue weighted by molar-refractivity contribution is 7.91. The highest BCUT2D eigenvalue weighted by Crippen LogP contribution is 2.30. The van der Waals surface area contributed by atoms with E-state index in [1.807, 2.05) is 6.92 Å². The van der Waals surface area contributed by atoms with Crippen molar-refractivity contribution in [2.24, 2.45) is 0 Å². The average Bonchev–Trinajstić information content (AvgIpc) is 2.90. The van der Waals surface area contributed by atoms with E-state index in [1.165, 1.54) is 0 Å². The van der Waals surface area contributed by atoms with Crippen LogP contribution in [0, 0.1) is 6.92 Å². The van der Waals surface area contributed by atoms with Gasteiger partial charge >= 0.3 is 0 Å². The van der Waals surface area contributed by atoms with Crippen LogP contribution in [0.25, 0.3) is 0 Å². The number of carbonyl (C=O) groups is 1. The lowest BCUT2D eigenvalue weighted by atomic mass is 9.98. The molecule has 1 amide bonds. The van der Waals surface area contributed by atoms with Crippen LogP contribution in [-0.2, 0) is 21.1 Å². The van der Waals surface area contributed by atoms with Gasteiger partial charge in [-0.1, -0.05) is 11.2 Å². The molecule has 116 valence electrons. The summed E-state index contributed by atoms with van der Waals surface area (Å²) in [5.74, 6) is 0.419. The van der Waals surface area contributed by atoms with Gasteiger partial charge in [0.05, 0.1) is 29.2 Å². The van der Waals surface area contributed by atoms with E-state index >= 15 is 0 Å². The number of sulfone groups is 1. The Labute approximate surface area is 124 Å². The third-order valence-corrected chi connectivity index (χ3v) is 5.64. The van der Waals surface area contributed by atoms with Crippen LogP contribution in [0.1, 0.15) is 24.8 Å². The molecule has 0 aromatic carbocycles. The molecular formula is C14H20N2O4S. The van der Waals surface area contributed by atoms with E-state index in [0.717, 1.165) is 0 Å². The van der Waals surface area contributed by atoms with E-state index in [4.69, 9.17) is 4.52 Å². The Morgan fingerprint density at radius 2 is 2.33 bits per heavy atom. The second-order valence-electron chi connectivity index (χ2n) is 5.74. The first-order valence-electron chi connectivity index (χ1n) is 6.80. The fraction of sp³-hybridized carbons (Fsp3) is 0.571. The third-order valence-electron chi connectivity index (χ3n) is 3.75. The maximum absolute atomic E-state index is 12.5. The lowest BCUT2D eigenvalue weighted by Gasteiger charge is -2.36. The largest absolute Gasteiger partial charge is 0.361 e. The number of rotatable bonds is 5. The number of carbonyl (C=O) groups excluding carboxylic acids is 1. The van der Waals surface area contributed by atoms with Gasteiger partial charge in [0.1, 0.15) is 5.76 Å². The average molecular weight is 312 g/mol. The smallest absolute Gasteiger partial charge is 0.231 e. The second kappa shape index (κ2) is 5.63. The summed E-state index contributed by atoms with van der Waals surface area (Å²) in [5, 5.41) is 3.75. The lowest BCUT2D eigenvalue weighted by Crippen LogP contribution is -2.51. The molecule has 1 atom stereocenters. The standard InChI is InChI=1S/C14H20N2O4S/c1-4-6-16(14(3)5-7-21(18,19)10-14)13(17)9-12-8-11(2)15-20-12/h4,8H,1,5-7,9-10H2,2-3H3/t14-/m1/s1. The number of aryl methyl sites for hydroxylation is 1. The fourth-order valence-electron chi connectivity index (χ4n) is 2.70. The summed E-state index contributed by atoms with van der Waals surface area (Å²) in [6, 6.07) is 1.71. The van der Waals surface area contributed by atoms with Crippen LogP contribution in [0.15, 0.2) is 23.2 Å². The molecule has 6 nitrogen and oxygen atoms in total. The quantitative estimate of drug-likeness (QED) is 0.761. The normalized spacial score (nSPS) is 23.9. The molecule has 1 fully saturated rings. The topological polar surface area (TPSA) is 80.5 Å². The lowest BCUT2D eigenvalue weighted by molar-refractivity contribution is -0.135. The highest BCUT2D eigenvalue weighted by Gasteiger charge is 2.44. The molecular weight excluding hydrogens is 292 g/mol. The van der Waals surface area contributed by atoms with E-state index in [0.29, 0.717) is 24.4 Å². The van der Waals surface area contributed by atoms with E-state index in [-0.39, 0.29) is 23.8 Å². The molecule has 0 bridgehead atoms. The van der Waals surface area contributed by atoms with Crippen LogP contribution in [0.5, 0.6) is 0 Å². The zero-order valence-corrected chi connectivity index (χ0v) is 13.1. The molecule has 0 unspecified atom stereocenters. The second-order valence-corrected chi connectivity index (χ2v) is 7.93. The third kappa shape index (κ3) is 3.53. The molecule has 0 spiro atoms. The van der Waals surface area contributed by atoms with E-state index in [1.54, 1.807) is 24.0 Å². The van der Waals surface area contributed by atoms with Crippen molar-refractivity contribution in [1.29, 1.82) is 0 Å². The Morgan fingerprint density at radius 3 is 2.81 bits per heavy atom.